The quantitative estimate of drug-likeness (QED) is 0.291. The molecule has 0 spiro atoms. The van der Waals surface area contributed by atoms with Crippen molar-refractivity contribution in [2.75, 3.05) is 5.75 Å². The number of benzene rings is 3. The Labute approximate surface area is 186 Å². The van der Waals surface area contributed by atoms with Crippen molar-refractivity contribution in [2.45, 2.75) is 25.1 Å². The van der Waals surface area contributed by atoms with Crippen molar-refractivity contribution in [2.24, 2.45) is 0 Å². The Balaban J connectivity index is 1.50. The zero-order valence-electron chi connectivity index (χ0n) is 17.3. The summed E-state index contributed by atoms with van der Waals surface area (Å²) < 4.78 is 7.42. The average Bonchev–Trinajstić information content (AvgIpc) is 3.20. The number of aromatic nitrogens is 3. The van der Waals surface area contributed by atoms with Crippen LogP contribution in [0.1, 0.15) is 22.5 Å². The second-order valence-electron chi connectivity index (χ2n) is 7.17. The SMILES string of the molecule is Cc1cccc(-n2c(Cc3ccccc3)nnc2SCC(=O)OCc2ccccc2)c1. The van der Waals surface area contributed by atoms with Gasteiger partial charge in [0, 0.05) is 12.1 Å². The van der Waals surface area contributed by atoms with Crippen LogP contribution in [-0.4, -0.2) is 26.5 Å². The van der Waals surface area contributed by atoms with Crippen LogP contribution in [0.25, 0.3) is 5.69 Å². The van der Waals surface area contributed by atoms with E-state index in [0.717, 1.165) is 28.2 Å². The van der Waals surface area contributed by atoms with E-state index in [-0.39, 0.29) is 18.3 Å². The molecule has 0 bridgehead atoms. The van der Waals surface area contributed by atoms with Crippen LogP contribution in [0.4, 0.5) is 0 Å². The van der Waals surface area contributed by atoms with Crippen LogP contribution in [0, 0.1) is 6.92 Å². The van der Waals surface area contributed by atoms with E-state index in [9.17, 15) is 4.79 Å². The molecule has 6 heteroatoms. The molecule has 156 valence electrons. The van der Waals surface area contributed by atoms with Crippen LogP contribution in [-0.2, 0) is 22.6 Å². The van der Waals surface area contributed by atoms with E-state index in [1.54, 1.807) is 0 Å². The lowest BCUT2D eigenvalue weighted by molar-refractivity contribution is -0.141. The predicted octanol–water partition coefficient (Wildman–Crippen LogP) is 5.00. The van der Waals surface area contributed by atoms with E-state index in [1.807, 2.05) is 65.2 Å². The van der Waals surface area contributed by atoms with Crippen LogP contribution < -0.4 is 0 Å². The first kappa shape index (κ1) is 20.9. The maximum absolute atomic E-state index is 12.3. The minimum absolute atomic E-state index is 0.169. The number of ether oxygens (including phenoxy) is 1. The van der Waals surface area contributed by atoms with E-state index < -0.39 is 0 Å². The fraction of sp³-hybridized carbons (Fsp3) is 0.160. The number of aryl methyl sites for hydroxylation is 1. The summed E-state index contributed by atoms with van der Waals surface area (Å²) in [5.41, 5.74) is 4.25. The van der Waals surface area contributed by atoms with Gasteiger partial charge in [-0.05, 0) is 35.7 Å². The molecule has 31 heavy (non-hydrogen) atoms. The molecule has 3 aromatic carbocycles. The zero-order valence-corrected chi connectivity index (χ0v) is 18.1. The molecular formula is C25H23N3O2S. The second kappa shape index (κ2) is 10.1. The summed E-state index contributed by atoms with van der Waals surface area (Å²) in [6.45, 7) is 2.32. The van der Waals surface area contributed by atoms with Crippen molar-refractivity contribution in [3.05, 3.63) is 107 Å². The minimum atomic E-state index is -0.280. The van der Waals surface area contributed by atoms with Crippen molar-refractivity contribution >= 4 is 17.7 Å². The van der Waals surface area contributed by atoms with Crippen molar-refractivity contribution in [1.29, 1.82) is 0 Å². The van der Waals surface area contributed by atoms with Crippen molar-refractivity contribution in [1.82, 2.24) is 14.8 Å². The van der Waals surface area contributed by atoms with Crippen LogP contribution in [0.5, 0.6) is 0 Å². The highest BCUT2D eigenvalue weighted by molar-refractivity contribution is 7.99. The van der Waals surface area contributed by atoms with Crippen LogP contribution >= 0.6 is 11.8 Å². The molecular weight excluding hydrogens is 406 g/mol. The Hall–Kier alpha value is -3.38. The summed E-state index contributed by atoms with van der Waals surface area (Å²) in [6, 6.07) is 28.0. The Morgan fingerprint density at radius 3 is 2.32 bits per heavy atom. The molecule has 0 aliphatic heterocycles. The third kappa shape index (κ3) is 5.61. The molecule has 0 amide bonds. The fourth-order valence-corrected chi connectivity index (χ4v) is 3.99. The highest BCUT2D eigenvalue weighted by Gasteiger charge is 2.17. The molecule has 0 fully saturated rings. The van der Waals surface area contributed by atoms with Gasteiger partial charge in [0.1, 0.15) is 12.4 Å². The van der Waals surface area contributed by atoms with Crippen molar-refractivity contribution in [3.8, 4) is 5.69 Å². The molecule has 5 nitrogen and oxygen atoms in total. The third-order valence-electron chi connectivity index (χ3n) is 4.73. The van der Waals surface area contributed by atoms with Gasteiger partial charge in [0.25, 0.3) is 0 Å². The van der Waals surface area contributed by atoms with Gasteiger partial charge in [0.15, 0.2) is 5.16 Å². The molecule has 0 atom stereocenters. The average molecular weight is 430 g/mol. The normalized spacial score (nSPS) is 10.7. The lowest BCUT2D eigenvalue weighted by atomic mass is 10.1. The number of esters is 1. The molecule has 1 heterocycles. The van der Waals surface area contributed by atoms with Crippen LogP contribution in [0.3, 0.4) is 0 Å². The standard InChI is InChI=1S/C25H23N3O2S/c1-19-9-8-14-22(15-19)28-23(16-20-10-4-2-5-11-20)26-27-25(28)31-18-24(29)30-17-21-12-6-3-7-13-21/h2-15H,16-18H2,1H3. The molecule has 0 saturated heterocycles. The van der Waals surface area contributed by atoms with Gasteiger partial charge < -0.3 is 4.74 Å². The number of rotatable bonds is 8. The minimum Gasteiger partial charge on any atom is -0.460 e. The maximum Gasteiger partial charge on any atom is 0.316 e. The molecule has 0 radical (unpaired) electrons. The van der Waals surface area contributed by atoms with Gasteiger partial charge in [-0.25, -0.2) is 0 Å². The Kier molecular flexibility index (Phi) is 6.79. The maximum atomic E-state index is 12.3. The van der Waals surface area contributed by atoms with Gasteiger partial charge in [0.05, 0.1) is 5.75 Å². The fourth-order valence-electron chi connectivity index (χ4n) is 3.22. The Morgan fingerprint density at radius 1 is 0.903 bits per heavy atom. The number of carbonyl (C=O) groups excluding carboxylic acids is 1. The van der Waals surface area contributed by atoms with E-state index in [0.29, 0.717) is 11.6 Å². The van der Waals surface area contributed by atoms with Crippen molar-refractivity contribution in [3.63, 3.8) is 0 Å². The summed E-state index contributed by atoms with van der Waals surface area (Å²) in [5.74, 6) is 0.719. The van der Waals surface area contributed by atoms with Gasteiger partial charge in [-0.3, -0.25) is 9.36 Å². The molecule has 0 aliphatic rings. The number of hydrogen-bond acceptors (Lipinski definition) is 5. The summed E-state index contributed by atoms with van der Waals surface area (Å²) in [7, 11) is 0. The lowest BCUT2D eigenvalue weighted by Gasteiger charge is -2.11. The molecule has 0 aliphatic carbocycles. The number of thioether (sulfide) groups is 1. The van der Waals surface area contributed by atoms with E-state index in [4.69, 9.17) is 4.74 Å². The molecule has 0 saturated carbocycles. The summed E-state index contributed by atoms with van der Waals surface area (Å²) >= 11 is 1.34. The van der Waals surface area contributed by atoms with Gasteiger partial charge in [-0.1, -0.05) is 84.6 Å². The monoisotopic (exact) mass is 429 g/mol. The number of carbonyl (C=O) groups is 1. The molecule has 1 aromatic heterocycles. The van der Waals surface area contributed by atoms with Gasteiger partial charge in [0.2, 0.25) is 0 Å². The molecule has 0 unspecified atom stereocenters. The van der Waals surface area contributed by atoms with E-state index >= 15 is 0 Å². The van der Waals surface area contributed by atoms with Crippen LogP contribution in [0.2, 0.25) is 0 Å². The van der Waals surface area contributed by atoms with Gasteiger partial charge in [-0.2, -0.15) is 0 Å². The van der Waals surface area contributed by atoms with E-state index in [2.05, 4.69) is 41.4 Å². The van der Waals surface area contributed by atoms with Crippen molar-refractivity contribution < 1.29 is 9.53 Å². The second-order valence-corrected chi connectivity index (χ2v) is 8.11. The number of nitrogens with zero attached hydrogens (tertiary/aromatic N) is 3. The summed E-state index contributed by atoms with van der Waals surface area (Å²) in [4.78, 5) is 12.3. The first-order valence-electron chi connectivity index (χ1n) is 10.1. The summed E-state index contributed by atoms with van der Waals surface area (Å²) in [6.07, 6.45) is 0.654. The zero-order chi connectivity index (χ0) is 21.5. The lowest BCUT2D eigenvalue weighted by Crippen LogP contribution is -2.09. The largest absolute Gasteiger partial charge is 0.460 e. The summed E-state index contributed by atoms with van der Waals surface area (Å²) in [5, 5.41) is 9.48. The highest BCUT2D eigenvalue weighted by Crippen LogP contribution is 2.24. The first-order valence-corrected chi connectivity index (χ1v) is 11.1. The van der Waals surface area contributed by atoms with Gasteiger partial charge in [-0.15, -0.1) is 10.2 Å². The molecule has 4 rings (SSSR count). The highest BCUT2D eigenvalue weighted by atomic mass is 32.2. The topological polar surface area (TPSA) is 57.0 Å². The van der Waals surface area contributed by atoms with Gasteiger partial charge >= 0.3 is 5.97 Å². The predicted molar refractivity (Wildman–Crippen MR) is 122 cm³/mol. The van der Waals surface area contributed by atoms with E-state index in [1.165, 1.54) is 11.8 Å². The smallest absolute Gasteiger partial charge is 0.316 e. The molecule has 0 N–H and O–H groups in total. The van der Waals surface area contributed by atoms with Crippen LogP contribution in [0.15, 0.2) is 90.1 Å². The first-order chi connectivity index (χ1) is 15.2. The third-order valence-corrected chi connectivity index (χ3v) is 5.63. The number of hydrogen-bond donors (Lipinski definition) is 0. The Morgan fingerprint density at radius 2 is 1.61 bits per heavy atom. The Bertz CT molecular complexity index is 1140. The molecule has 4 aromatic rings.